The third-order valence-corrected chi connectivity index (χ3v) is 4.93. The lowest BCUT2D eigenvalue weighted by Gasteiger charge is -2.20. The number of allylic oxidation sites excluding steroid dienone is 2. The van der Waals surface area contributed by atoms with E-state index in [4.69, 9.17) is 4.74 Å². The highest BCUT2D eigenvalue weighted by atomic mass is 16.6. The summed E-state index contributed by atoms with van der Waals surface area (Å²) in [5.74, 6) is 0. The van der Waals surface area contributed by atoms with E-state index in [1.54, 1.807) is 32.3 Å². The van der Waals surface area contributed by atoms with Crippen molar-refractivity contribution in [1.82, 2.24) is 19.6 Å². The standard InChI is InChI=1S/C13H19N3O3.C9H13N3O3/c1-5-7-8-12(19-10(3)6-2)13-11(16(17)18)9-14-15(13)4;1-3-4-5-8(13)9-7(12(14)15)6-10-11(9)2/h5-6,9-10,12H,1-2,7-8H2,3-4H3;3,6,8,13H,1,4-5H2,2H3/t10?,12-;8-/m00/s1. The van der Waals surface area contributed by atoms with E-state index in [1.165, 1.54) is 15.6 Å². The van der Waals surface area contributed by atoms with Gasteiger partial charge in [0.2, 0.25) is 0 Å². The van der Waals surface area contributed by atoms with Crippen LogP contribution < -0.4 is 0 Å². The molecule has 3 atom stereocenters. The average molecular weight is 477 g/mol. The molecule has 0 aliphatic rings. The monoisotopic (exact) mass is 476 g/mol. The summed E-state index contributed by atoms with van der Waals surface area (Å²) in [6.45, 7) is 12.7. The van der Waals surface area contributed by atoms with Gasteiger partial charge < -0.3 is 9.84 Å². The molecule has 34 heavy (non-hydrogen) atoms. The van der Waals surface area contributed by atoms with Crippen LogP contribution in [0.4, 0.5) is 11.4 Å². The fourth-order valence-corrected chi connectivity index (χ4v) is 3.18. The molecule has 0 aliphatic heterocycles. The van der Waals surface area contributed by atoms with Crippen molar-refractivity contribution in [3.05, 3.63) is 82.0 Å². The van der Waals surface area contributed by atoms with E-state index in [0.717, 1.165) is 6.20 Å². The predicted octanol–water partition coefficient (Wildman–Crippen LogP) is 4.25. The van der Waals surface area contributed by atoms with Gasteiger partial charge in [-0.25, -0.2) is 0 Å². The van der Waals surface area contributed by atoms with Crippen LogP contribution in [0.5, 0.6) is 0 Å². The minimum absolute atomic E-state index is 0.0205. The summed E-state index contributed by atoms with van der Waals surface area (Å²) in [6.07, 6.45) is 8.32. The summed E-state index contributed by atoms with van der Waals surface area (Å²) in [6, 6.07) is 0. The van der Waals surface area contributed by atoms with Gasteiger partial charge in [0.1, 0.15) is 36.0 Å². The average Bonchev–Trinajstić information content (AvgIpc) is 3.38. The van der Waals surface area contributed by atoms with Crippen molar-refractivity contribution in [1.29, 1.82) is 0 Å². The van der Waals surface area contributed by atoms with E-state index < -0.39 is 22.1 Å². The molecule has 0 bridgehead atoms. The summed E-state index contributed by atoms with van der Waals surface area (Å²) in [5.41, 5.74) is 0.546. The van der Waals surface area contributed by atoms with Crippen molar-refractivity contribution >= 4 is 11.4 Å². The molecule has 12 nitrogen and oxygen atoms in total. The first-order valence-electron chi connectivity index (χ1n) is 10.6. The molecule has 1 N–H and O–H groups in total. The van der Waals surface area contributed by atoms with Crippen molar-refractivity contribution in [3.63, 3.8) is 0 Å². The zero-order valence-electron chi connectivity index (χ0n) is 19.7. The van der Waals surface area contributed by atoms with Gasteiger partial charge in [-0.15, -0.1) is 19.7 Å². The number of aryl methyl sites for hydroxylation is 2. The number of hydrogen-bond acceptors (Lipinski definition) is 8. The van der Waals surface area contributed by atoms with Crippen molar-refractivity contribution < 1.29 is 19.7 Å². The van der Waals surface area contributed by atoms with E-state index in [-0.39, 0.29) is 23.2 Å². The lowest BCUT2D eigenvalue weighted by atomic mass is 10.1. The highest BCUT2D eigenvalue weighted by Crippen LogP contribution is 2.31. The molecule has 12 heteroatoms. The molecule has 186 valence electrons. The second-order valence-corrected chi connectivity index (χ2v) is 7.40. The fourth-order valence-electron chi connectivity index (χ4n) is 3.18. The Hall–Kier alpha value is -3.64. The van der Waals surface area contributed by atoms with E-state index in [0.29, 0.717) is 31.4 Å². The Labute approximate surface area is 198 Å². The molecule has 1 unspecified atom stereocenters. The Morgan fingerprint density at radius 1 is 1.00 bits per heavy atom. The number of aliphatic hydroxyl groups is 1. The van der Waals surface area contributed by atoms with Crippen LogP contribution in [-0.2, 0) is 18.8 Å². The number of ether oxygens (including phenoxy) is 1. The molecule has 2 heterocycles. The van der Waals surface area contributed by atoms with Crippen LogP contribution in [-0.4, -0.2) is 40.6 Å². The second-order valence-electron chi connectivity index (χ2n) is 7.40. The Bertz CT molecular complexity index is 998. The van der Waals surface area contributed by atoms with Crippen LogP contribution in [0, 0.1) is 20.2 Å². The van der Waals surface area contributed by atoms with Crippen molar-refractivity contribution in [2.24, 2.45) is 14.1 Å². The molecule has 0 spiro atoms. The minimum Gasteiger partial charge on any atom is -0.387 e. The Kier molecular flexibility index (Phi) is 11.5. The topological polar surface area (TPSA) is 151 Å². The van der Waals surface area contributed by atoms with Crippen molar-refractivity contribution in [3.8, 4) is 0 Å². The van der Waals surface area contributed by atoms with E-state index in [2.05, 4.69) is 29.9 Å². The number of nitro groups is 2. The second kappa shape index (κ2) is 13.8. The zero-order chi connectivity index (χ0) is 25.8. The van der Waals surface area contributed by atoms with Gasteiger partial charge in [-0.2, -0.15) is 10.2 Å². The third-order valence-electron chi connectivity index (χ3n) is 4.93. The predicted molar refractivity (Wildman–Crippen MR) is 127 cm³/mol. The van der Waals surface area contributed by atoms with Crippen LogP contribution in [0.3, 0.4) is 0 Å². The van der Waals surface area contributed by atoms with Gasteiger partial charge in [-0.05, 0) is 32.6 Å². The number of rotatable bonds is 13. The number of nitrogens with zero attached hydrogens (tertiary/aromatic N) is 6. The Balaban J connectivity index is 0.000000350. The SMILES string of the molecule is C=CCC[C@H](O)c1c([N+](=O)[O-])cnn1C.C=CCC[C@H](OC(C)C=C)c1c([N+](=O)[O-])cnn1C. The third kappa shape index (κ3) is 7.74. The van der Waals surface area contributed by atoms with Gasteiger partial charge in [-0.1, -0.05) is 18.2 Å². The van der Waals surface area contributed by atoms with Gasteiger partial charge >= 0.3 is 11.4 Å². The number of aliphatic hydroxyl groups excluding tert-OH is 1. The van der Waals surface area contributed by atoms with E-state index >= 15 is 0 Å². The molecule has 0 aromatic carbocycles. The van der Waals surface area contributed by atoms with Gasteiger partial charge in [0.15, 0.2) is 0 Å². The van der Waals surface area contributed by atoms with Crippen LogP contribution in [0.2, 0.25) is 0 Å². The molecule has 0 fully saturated rings. The molecule has 0 amide bonds. The highest BCUT2D eigenvalue weighted by Gasteiger charge is 2.28. The largest absolute Gasteiger partial charge is 0.387 e. The number of aromatic nitrogens is 4. The molecule has 0 saturated heterocycles. The summed E-state index contributed by atoms with van der Waals surface area (Å²) in [7, 11) is 3.24. The highest BCUT2D eigenvalue weighted by molar-refractivity contribution is 5.35. The molecule has 2 rings (SSSR count). The van der Waals surface area contributed by atoms with Gasteiger partial charge in [0.05, 0.1) is 16.0 Å². The lowest BCUT2D eigenvalue weighted by molar-refractivity contribution is -0.386. The minimum atomic E-state index is -0.879. The van der Waals surface area contributed by atoms with Crippen molar-refractivity contribution in [2.45, 2.75) is 50.9 Å². The summed E-state index contributed by atoms with van der Waals surface area (Å²) < 4.78 is 8.60. The Morgan fingerprint density at radius 2 is 1.47 bits per heavy atom. The molecule has 2 aromatic heterocycles. The first kappa shape index (κ1) is 28.4. The summed E-state index contributed by atoms with van der Waals surface area (Å²) in [5, 5.41) is 39.1. The zero-order valence-corrected chi connectivity index (χ0v) is 19.7. The molecule has 0 radical (unpaired) electrons. The van der Waals surface area contributed by atoms with Crippen LogP contribution in [0.15, 0.2) is 50.4 Å². The Morgan fingerprint density at radius 3 is 1.94 bits per heavy atom. The van der Waals surface area contributed by atoms with Crippen LogP contribution in [0.25, 0.3) is 0 Å². The first-order chi connectivity index (χ1) is 16.1. The smallest absolute Gasteiger partial charge is 0.312 e. The maximum absolute atomic E-state index is 11.0. The quantitative estimate of drug-likeness (QED) is 0.256. The van der Waals surface area contributed by atoms with Gasteiger partial charge in [0, 0.05) is 14.1 Å². The lowest BCUT2D eigenvalue weighted by Crippen LogP contribution is -2.16. The summed E-state index contributed by atoms with van der Waals surface area (Å²) in [4.78, 5) is 20.7. The summed E-state index contributed by atoms with van der Waals surface area (Å²) >= 11 is 0. The van der Waals surface area contributed by atoms with Crippen LogP contribution in [0.1, 0.15) is 56.2 Å². The molecule has 0 aliphatic carbocycles. The maximum atomic E-state index is 11.0. The molecule has 2 aromatic rings. The van der Waals surface area contributed by atoms with E-state index in [1.807, 2.05) is 6.92 Å². The van der Waals surface area contributed by atoms with Crippen LogP contribution >= 0.6 is 0 Å². The van der Waals surface area contributed by atoms with Crippen molar-refractivity contribution in [2.75, 3.05) is 0 Å². The molecular weight excluding hydrogens is 444 g/mol. The molecule has 0 saturated carbocycles. The van der Waals surface area contributed by atoms with Gasteiger partial charge in [-0.3, -0.25) is 29.6 Å². The maximum Gasteiger partial charge on any atom is 0.312 e. The fraction of sp³-hybridized carbons (Fsp3) is 0.455. The van der Waals surface area contributed by atoms with E-state index in [9.17, 15) is 25.3 Å². The first-order valence-corrected chi connectivity index (χ1v) is 10.6. The normalized spacial score (nSPS) is 13.2. The molecular formula is C22H32N6O6. The number of hydrogen-bond donors (Lipinski definition) is 1. The van der Waals surface area contributed by atoms with Gasteiger partial charge in [0.25, 0.3) is 0 Å².